The van der Waals surface area contributed by atoms with Crippen LogP contribution in [0.3, 0.4) is 0 Å². The van der Waals surface area contributed by atoms with Crippen molar-refractivity contribution in [3.8, 4) is 11.1 Å². The highest BCUT2D eigenvalue weighted by molar-refractivity contribution is 6.33. The minimum Gasteiger partial charge on any atom is -0.305 e. The average Bonchev–Trinajstić information content (AvgIpc) is 2.68. The molecule has 3 aromatic rings. The van der Waals surface area contributed by atoms with Crippen LogP contribution >= 0.6 is 11.6 Å². The molecule has 3 amide bonds. The molecule has 0 unspecified atom stereocenters. The summed E-state index contributed by atoms with van der Waals surface area (Å²) in [7, 11) is 0. The van der Waals surface area contributed by atoms with Crippen molar-refractivity contribution in [3.63, 3.8) is 0 Å². The van der Waals surface area contributed by atoms with Crippen LogP contribution < -0.4 is 10.6 Å². The number of hydrogen-bond acceptors (Lipinski definition) is 2. The number of rotatable bonds is 3. The van der Waals surface area contributed by atoms with Gasteiger partial charge in [0, 0.05) is 10.6 Å². The summed E-state index contributed by atoms with van der Waals surface area (Å²) in [6.07, 6.45) is -4.60. The molecule has 3 rings (SSSR count). The van der Waals surface area contributed by atoms with Crippen LogP contribution in [0.1, 0.15) is 15.9 Å². The number of carbonyl (C=O) groups excluding carboxylic acids is 2. The molecule has 0 aliphatic rings. The summed E-state index contributed by atoms with van der Waals surface area (Å²) in [6.45, 7) is 0. The molecule has 2 N–H and O–H groups in total. The second-order valence-corrected chi connectivity index (χ2v) is 6.80. The van der Waals surface area contributed by atoms with Gasteiger partial charge in [-0.3, -0.25) is 10.1 Å². The van der Waals surface area contributed by atoms with E-state index in [0.717, 1.165) is 42.5 Å². The lowest BCUT2D eigenvalue weighted by Gasteiger charge is -2.12. The standard InChI is InChI=1S/C21H11ClF6N2O2/c22-13-9-11(21(26,27)28)5-6-12(13)10-4-7-17(16(25)8-10)29-20(32)30-19(31)18-14(23)2-1-3-15(18)24/h1-9H,(H2,29,30,31,32). The third kappa shape index (κ3) is 5.02. The van der Waals surface area contributed by atoms with Gasteiger partial charge in [-0.1, -0.05) is 29.8 Å². The van der Waals surface area contributed by atoms with E-state index >= 15 is 0 Å². The molecule has 32 heavy (non-hydrogen) atoms. The molecule has 0 fully saturated rings. The number of anilines is 1. The Morgan fingerprint density at radius 2 is 1.50 bits per heavy atom. The van der Waals surface area contributed by atoms with E-state index in [2.05, 4.69) is 0 Å². The number of nitrogens with one attached hydrogen (secondary N) is 2. The summed E-state index contributed by atoms with van der Waals surface area (Å²) >= 11 is 5.89. The van der Waals surface area contributed by atoms with Crippen LogP contribution in [-0.4, -0.2) is 11.9 Å². The van der Waals surface area contributed by atoms with Gasteiger partial charge in [0.1, 0.15) is 23.0 Å². The molecule has 0 aromatic heterocycles. The molecule has 0 atom stereocenters. The number of hydrogen-bond donors (Lipinski definition) is 2. The molecule has 0 saturated carbocycles. The molecule has 0 bridgehead atoms. The van der Waals surface area contributed by atoms with E-state index in [9.17, 15) is 35.9 Å². The van der Waals surface area contributed by atoms with Gasteiger partial charge in [-0.2, -0.15) is 13.2 Å². The highest BCUT2D eigenvalue weighted by atomic mass is 35.5. The van der Waals surface area contributed by atoms with Crippen molar-refractivity contribution in [2.45, 2.75) is 6.18 Å². The van der Waals surface area contributed by atoms with E-state index in [1.165, 1.54) is 6.07 Å². The van der Waals surface area contributed by atoms with Crippen molar-refractivity contribution >= 4 is 29.2 Å². The maximum atomic E-state index is 14.4. The van der Waals surface area contributed by atoms with Crippen molar-refractivity contribution in [1.82, 2.24) is 5.32 Å². The Kier molecular flexibility index (Phi) is 6.45. The first-order valence-electron chi connectivity index (χ1n) is 8.70. The molecule has 0 aliphatic heterocycles. The Bertz CT molecular complexity index is 1190. The fourth-order valence-electron chi connectivity index (χ4n) is 2.74. The molecular formula is C21H11ClF6N2O2. The molecule has 11 heteroatoms. The van der Waals surface area contributed by atoms with E-state index in [1.54, 1.807) is 5.32 Å². The summed E-state index contributed by atoms with van der Waals surface area (Å²) < 4.78 is 79.9. The zero-order valence-corrected chi connectivity index (χ0v) is 16.4. The van der Waals surface area contributed by atoms with E-state index in [4.69, 9.17) is 11.6 Å². The second-order valence-electron chi connectivity index (χ2n) is 6.39. The topological polar surface area (TPSA) is 58.2 Å². The fourth-order valence-corrected chi connectivity index (χ4v) is 3.03. The number of carbonyl (C=O) groups is 2. The van der Waals surface area contributed by atoms with Gasteiger partial charge in [0.05, 0.1) is 11.3 Å². The summed E-state index contributed by atoms with van der Waals surface area (Å²) in [5, 5.41) is 3.40. The zero-order valence-electron chi connectivity index (χ0n) is 15.7. The summed E-state index contributed by atoms with van der Waals surface area (Å²) in [6, 6.07) is 7.20. The highest BCUT2D eigenvalue weighted by Crippen LogP contribution is 2.36. The van der Waals surface area contributed by atoms with Gasteiger partial charge in [0.15, 0.2) is 0 Å². The predicted molar refractivity (Wildman–Crippen MR) is 105 cm³/mol. The molecule has 0 saturated heterocycles. The van der Waals surface area contributed by atoms with Gasteiger partial charge in [0.25, 0.3) is 5.91 Å². The van der Waals surface area contributed by atoms with Crippen molar-refractivity contribution in [1.29, 1.82) is 0 Å². The smallest absolute Gasteiger partial charge is 0.305 e. The van der Waals surface area contributed by atoms with E-state index < -0.39 is 52.4 Å². The third-order valence-corrected chi connectivity index (χ3v) is 4.55. The second kappa shape index (κ2) is 8.91. The quantitative estimate of drug-likeness (QED) is 0.433. The van der Waals surface area contributed by atoms with Gasteiger partial charge in [-0.25, -0.2) is 18.0 Å². The summed E-state index contributed by atoms with van der Waals surface area (Å²) in [5.74, 6) is -4.77. The number of alkyl halides is 3. The van der Waals surface area contributed by atoms with Crippen molar-refractivity contribution in [2.75, 3.05) is 5.32 Å². The van der Waals surface area contributed by atoms with Gasteiger partial charge in [0.2, 0.25) is 0 Å². The minimum atomic E-state index is -4.60. The lowest BCUT2D eigenvalue weighted by atomic mass is 10.0. The van der Waals surface area contributed by atoms with Crippen LogP contribution in [0.15, 0.2) is 54.6 Å². The summed E-state index contributed by atoms with van der Waals surface area (Å²) in [5.41, 5.74) is -2.14. The van der Waals surface area contributed by atoms with Crippen LogP contribution in [-0.2, 0) is 6.18 Å². The molecule has 0 aliphatic carbocycles. The fraction of sp³-hybridized carbons (Fsp3) is 0.0476. The van der Waals surface area contributed by atoms with Gasteiger partial charge in [-0.15, -0.1) is 0 Å². The average molecular weight is 473 g/mol. The molecule has 166 valence electrons. The van der Waals surface area contributed by atoms with E-state index in [0.29, 0.717) is 6.07 Å². The number of benzene rings is 3. The monoisotopic (exact) mass is 472 g/mol. The Morgan fingerprint density at radius 1 is 0.844 bits per heavy atom. The zero-order chi connectivity index (χ0) is 23.6. The van der Waals surface area contributed by atoms with E-state index in [-0.39, 0.29) is 16.1 Å². The largest absolute Gasteiger partial charge is 0.416 e. The Morgan fingerprint density at radius 3 is 2.06 bits per heavy atom. The van der Waals surface area contributed by atoms with Crippen LogP contribution in [0.5, 0.6) is 0 Å². The molecule has 0 radical (unpaired) electrons. The van der Waals surface area contributed by atoms with Crippen LogP contribution in [0.2, 0.25) is 5.02 Å². The first-order chi connectivity index (χ1) is 15.0. The number of amides is 3. The predicted octanol–water partition coefficient (Wildman–Crippen LogP) is 6.41. The van der Waals surface area contributed by atoms with Crippen LogP contribution in [0, 0.1) is 17.5 Å². The number of halogens is 7. The Labute approximate surface area is 181 Å². The lowest BCUT2D eigenvalue weighted by molar-refractivity contribution is -0.137. The SMILES string of the molecule is O=C(NC(=O)c1c(F)cccc1F)Nc1ccc(-c2ccc(C(F)(F)F)cc2Cl)cc1F. The molecular weight excluding hydrogens is 462 g/mol. The van der Waals surface area contributed by atoms with Crippen molar-refractivity contribution in [2.24, 2.45) is 0 Å². The molecule has 3 aromatic carbocycles. The van der Waals surface area contributed by atoms with Crippen molar-refractivity contribution in [3.05, 3.63) is 88.2 Å². The molecule has 0 spiro atoms. The van der Waals surface area contributed by atoms with Crippen LogP contribution in [0.4, 0.5) is 36.8 Å². The minimum absolute atomic E-state index is 0.111. The van der Waals surface area contributed by atoms with Crippen LogP contribution in [0.25, 0.3) is 11.1 Å². The van der Waals surface area contributed by atoms with E-state index in [1.807, 2.05) is 5.32 Å². The summed E-state index contributed by atoms with van der Waals surface area (Å²) in [4.78, 5) is 23.8. The van der Waals surface area contributed by atoms with Gasteiger partial charge in [-0.05, 0) is 42.0 Å². The van der Waals surface area contributed by atoms with Gasteiger partial charge < -0.3 is 5.32 Å². The number of urea groups is 1. The third-order valence-electron chi connectivity index (χ3n) is 4.24. The highest BCUT2D eigenvalue weighted by Gasteiger charge is 2.31. The first kappa shape index (κ1) is 23.1. The normalized spacial score (nSPS) is 11.2. The van der Waals surface area contributed by atoms with Gasteiger partial charge >= 0.3 is 12.2 Å². The maximum absolute atomic E-state index is 14.4. The van der Waals surface area contributed by atoms with Crippen molar-refractivity contribution < 1.29 is 35.9 Å². The molecule has 4 nitrogen and oxygen atoms in total. The Hall–Kier alpha value is -3.53. The lowest BCUT2D eigenvalue weighted by Crippen LogP contribution is -2.35. The molecule has 0 heterocycles. The maximum Gasteiger partial charge on any atom is 0.416 e. The Balaban J connectivity index is 1.76. The number of imide groups is 1. The first-order valence-corrected chi connectivity index (χ1v) is 9.08.